The van der Waals surface area contributed by atoms with E-state index in [0.717, 1.165) is 0 Å². The summed E-state index contributed by atoms with van der Waals surface area (Å²) in [5, 5.41) is 20.9. The van der Waals surface area contributed by atoms with Gasteiger partial charge in [0.2, 0.25) is 0 Å². The number of aliphatic hydroxyl groups excluding tert-OH is 2. The van der Waals surface area contributed by atoms with E-state index in [1.807, 2.05) is 29.1 Å². The zero-order chi connectivity index (χ0) is 14.6. The van der Waals surface area contributed by atoms with E-state index in [1.54, 1.807) is 19.1 Å². The summed E-state index contributed by atoms with van der Waals surface area (Å²) in [6.45, 7) is 0.876. The second-order valence-electron chi connectivity index (χ2n) is 4.83. The van der Waals surface area contributed by atoms with Gasteiger partial charge in [-0.2, -0.15) is 0 Å². The van der Waals surface area contributed by atoms with E-state index in [0.29, 0.717) is 11.4 Å². The van der Waals surface area contributed by atoms with Crippen molar-refractivity contribution in [2.24, 2.45) is 0 Å². The third-order valence-electron chi connectivity index (χ3n) is 2.99. The number of carbonyl (C=O) groups is 1. The van der Waals surface area contributed by atoms with Gasteiger partial charge in [0, 0.05) is 18.6 Å². The van der Waals surface area contributed by atoms with E-state index < -0.39 is 5.54 Å². The van der Waals surface area contributed by atoms with Crippen molar-refractivity contribution in [2.45, 2.75) is 12.5 Å². The Kier molecular flexibility index (Phi) is 4.16. The van der Waals surface area contributed by atoms with Crippen LogP contribution in [-0.4, -0.2) is 44.4 Å². The first kappa shape index (κ1) is 14.2. The highest BCUT2D eigenvalue weighted by Gasteiger charge is 2.25. The number of amides is 1. The molecule has 0 bridgehead atoms. The second-order valence-corrected chi connectivity index (χ2v) is 4.83. The normalized spacial score (nSPS) is 11.3. The molecule has 0 fully saturated rings. The topological polar surface area (TPSA) is 87.4 Å². The van der Waals surface area contributed by atoms with Gasteiger partial charge in [-0.15, -0.1) is 0 Å². The van der Waals surface area contributed by atoms with Crippen LogP contribution in [0.3, 0.4) is 0 Å². The van der Waals surface area contributed by atoms with Crippen molar-refractivity contribution in [2.75, 3.05) is 13.2 Å². The summed E-state index contributed by atoms with van der Waals surface area (Å²) < 4.78 is 1.83. The molecule has 2 aromatic rings. The number of carbonyl (C=O) groups excluding carboxylic acids is 1. The van der Waals surface area contributed by atoms with Gasteiger partial charge in [-0.1, -0.05) is 0 Å². The van der Waals surface area contributed by atoms with E-state index in [-0.39, 0.29) is 19.1 Å². The molecule has 3 N–H and O–H groups in total. The lowest BCUT2D eigenvalue weighted by molar-refractivity contribution is 0.0723. The van der Waals surface area contributed by atoms with Crippen LogP contribution in [0.25, 0.3) is 5.82 Å². The number of rotatable bonds is 5. The minimum atomic E-state index is -1.05. The lowest BCUT2D eigenvalue weighted by Crippen LogP contribution is -2.51. The third kappa shape index (κ3) is 3.04. The van der Waals surface area contributed by atoms with Crippen LogP contribution in [0.2, 0.25) is 0 Å². The van der Waals surface area contributed by atoms with Crippen LogP contribution >= 0.6 is 0 Å². The molecule has 0 saturated carbocycles. The standard InChI is InChI=1S/C14H17N3O3/c1-14(9-18,10-19)16-13(20)11-4-5-12(15-8-11)17-6-2-3-7-17/h2-8,18-19H,9-10H2,1H3,(H,16,20). The van der Waals surface area contributed by atoms with Gasteiger partial charge in [0.1, 0.15) is 5.82 Å². The van der Waals surface area contributed by atoms with Crippen LogP contribution in [0.1, 0.15) is 17.3 Å². The number of hydrogen-bond acceptors (Lipinski definition) is 4. The molecule has 2 heterocycles. The number of nitrogens with one attached hydrogen (secondary N) is 1. The fraction of sp³-hybridized carbons (Fsp3) is 0.286. The summed E-state index contributed by atoms with van der Waals surface area (Å²) in [6, 6.07) is 7.14. The average molecular weight is 275 g/mol. The Labute approximate surface area is 116 Å². The second kappa shape index (κ2) is 5.85. The molecule has 6 nitrogen and oxygen atoms in total. The number of hydrogen-bond donors (Lipinski definition) is 3. The van der Waals surface area contributed by atoms with Crippen molar-refractivity contribution in [3.63, 3.8) is 0 Å². The fourth-order valence-electron chi connectivity index (χ4n) is 1.64. The molecule has 0 aliphatic carbocycles. The summed E-state index contributed by atoms with van der Waals surface area (Å²) in [4.78, 5) is 16.2. The van der Waals surface area contributed by atoms with E-state index in [2.05, 4.69) is 10.3 Å². The molecule has 0 saturated heterocycles. The minimum absolute atomic E-state index is 0.343. The highest BCUT2D eigenvalue weighted by molar-refractivity contribution is 5.94. The predicted octanol–water partition coefficient (Wildman–Crippen LogP) is 0.345. The number of nitrogens with zero attached hydrogens (tertiary/aromatic N) is 2. The smallest absolute Gasteiger partial charge is 0.253 e. The Bertz CT molecular complexity index is 560. The number of aliphatic hydroxyl groups is 2. The quantitative estimate of drug-likeness (QED) is 0.734. The summed E-state index contributed by atoms with van der Waals surface area (Å²) in [5.41, 5.74) is -0.676. The first-order valence-electron chi connectivity index (χ1n) is 6.21. The molecule has 0 radical (unpaired) electrons. The molecule has 20 heavy (non-hydrogen) atoms. The van der Waals surface area contributed by atoms with Gasteiger partial charge < -0.3 is 20.1 Å². The fourth-order valence-corrected chi connectivity index (χ4v) is 1.64. The highest BCUT2D eigenvalue weighted by Crippen LogP contribution is 2.08. The first-order chi connectivity index (χ1) is 9.58. The van der Waals surface area contributed by atoms with Gasteiger partial charge in [-0.05, 0) is 31.2 Å². The molecule has 0 aliphatic heterocycles. The number of pyridine rings is 1. The van der Waals surface area contributed by atoms with Crippen molar-refractivity contribution in [3.8, 4) is 5.82 Å². The van der Waals surface area contributed by atoms with E-state index in [1.165, 1.54) is 6.20 Å². The molecule has 0 aliphatic rings. The average Bonchev–Trinajstić information content (AvgIpc) is 3.01. The van der Waals surface area contributed by atoms with Gasteiger partial charge in [0.25, 0.3) is 5.91 Å². The Morgan fingerprint density at radius 2 is 1.95 bits per heavy atom. The van der Waals surface area contributed by atoms with E-state index in [4.69, 9.17) is 10.2 Å². The zero-order valence-electron chi connectivity index (χ0n) is 11.2. The minimum Gasteiger partial charge on any atom is -0.394 e. The molecule has 106 valence electrons. The summed E-state index contributed by atoms with van der Waals surface area (Å²) >= 11 is 0. The van der Waals surface area contributed by atoms with E-state index in [9.17, 15) is 4.79 Å². The van der Waals surface area contributed by atoms with Crippen LogP contribution in [0.4, 0.5) is 0 Å². The van der Waals surface area contributed by atoms with Crippen molar-refractivity contribution >= 4 is 5.91 Å². The Morgan fingerprint density at radius 3 is 2.45 bits per heavy atom. The molecule has 6 heteroatoms. The molecule has 0 atom stereocenters. The maximum atomic E-state index is 12.0. The molecular formula is C14H17N3O3. The molecule has 0 aromatic carbocycles. The zero-order valence-corrected chi connectivity index (χ0v) is 11.2. The Hall–Kier alpha value is -2.18. The van der Waals surface area contributed by atoms with Gasteiger partial charge >= 0.3 is 0 Å². The maximum absolute atomic E-state index is 12.0. The lowest BCUT2D eigenvalue weighted by Gasteiger charge is -2.26. The monoisotopic (exact) mass is 275 g/mol. The highest BCUT2D eigenvalue weighted by atomic mass is 16.3. The molecular weight excluding hydrogens is 258 g/mol. The van der Waals surface area contributed by atoms with Gasteiger partial charge in [0.05, 0.1) is 24.3 Å². The summed E-state index contributed by atoms with van der Waals surface area (Å²) in [6.07, 6.45) is 5.17. The molecule has 0 spiro atoms. The SMILES string of the molecule is CC(CO)(CO)NC(=O)c1ccc(-n2cccc2)nc1. The van der Waals surface area contributed by atoms with Crippen LogP contribution < -0.4 is 5.32 Å². The molecule has 2 aromatic heterocycles. The van der Waals surface area contributed by atoms with Crippen molar-refractivity contribution in [1.29, 1.82) is 0 Å². The van der Waals surface area contributed by atoms with Crippen LogP contribution in [0.5, 0.6) is 0 Å². The van der Waals surface area contributed by atoms with Crippen molar-refractivity contribution < 1.29 is 15.0 Å². The largest absolute Gasteiger partial charge is 0.394 e. The van der Waals surface area contributed by atoms with Gasteiger partial charge in [-0.25, -0.2) is 4.98 Å². The Balaban J connectivity index is 2.12. The summed E-state index contributed by atoms with van der Waals surface area (Å²) in [5.74, 6) is 0.320. The predicted molar refractivity (Wildman–Crippen MR) is 73.6 cm³/mol. The Morgan fingerprint density at radius 1 is 1.30 bits per heavy atom. The molecule has 0 unspecified atom stereocenters. The molecule has 1 amide bonds. The van der Waals surface area contributed by atoms with Crippen molar-refractivity contribution in [3.05, 3.63) is 48.4 Å². The maximum Gasteiger partial charge on any atom is 0.253 e. The third-order valence-corrected chi connectivity index (χ3v) is 2.99. The van der Waals surface area contributed by atoms with Gasteiger partial charge in [-0.3, -0.25) is 4.79 Å². The van der Waals surface area contributed by atoms with Crippen LogP contribution in [-0.2, 0) is 0 Å². The summed E-state index contributed by atoms with van der Waals surface area (Å²) in [7, 11) is 0. The lowest BCUT2D eigenvalue weighted by atomic mass is 10.0. The van der Waals surface area contributed by atoms with Crippen LogP contribution in [0, 0.1) is 0 Å². The number of aromatic nitrogens is 2. The van der Waals surface area contributed by atoms with Gasteiger partial charge in [0.15, 0.2) is 0 Å². The first-order valence-corrected chi connectivity index (χ1v) is 6.21. The molecule has 2 rings (SSSR count). The van der Waals surface area contributed by atoms with Crippen molar-refractivity contribution in [1.82, 2.24) is 14.9 Å². The van der Waals surface area contributed by atoms with Crippen LogP contribution in [0.15, 0.2) is 42.9 Å². The van der Waals surface area contributed by atoms with E-state index >= 15 is 0 Å².